The quantitative estimate of drug-likeness (QED) is 0.153. The second-order valence-electron chi connectivity index (χ2n) is 10.6. The van der Waals surface area contributed by atoms with Crippen LogP contribution in [0.5, 0.6) is 0 Å². The lowest BCUT2D eigenvalue weighted by molar-refractivity contribution is -0.688. The van der Waals surface area contributed by atoms with Crippen LogP contribution in [0.15, 0.2) is 78.6 Å². The molecule has 0 amide bonds. The molecule has 0 aromatic heterocycles. The van der Waals surface area contributed by atoms with E-state index in [-0.39, 0.29) is 18.1 Å². The minimum Gasteiger partial charge on any atom is -0.469 e. The van der Waals surface area contributed by atoms with Crippen molar-refractivity contribution in [3.63, 3.8) is 0 Å². The van der Waals surface area contributed by atoms with Gasteiger partial charge in [0.05, 0.1) is 49.0 Å². The van der Waals surface area contributed by atoms with Crippen LogP contribution in [0.25, 0.3) is 10.8 Å². The van der Waals surface area contributed by atoms with Crippen molar-refractivity contribution >= 4 is 103 Å². The molecule has 0 atom stereocenters. The lowest BCUT2D eigenvalue weighted by atomic mass is 10.0. The molecule has 0 N–H and O–H groups in total. The van der Waals surface area contributed by atoms with E-state index in [0.717, 1.165) is 29.3 Å². The maximum Gasteiger partial charge on any atom is 0.352 e. The molecule has 0 radical (unpaired) electrons. The lowest BCUT2D eigenvalue weighted by Crippen LogP contribution is -2.27. The molecule has 4 aromatic rings. The molecule has 6 rings (SSSR count). The first kappa shape index (κ1) is 30.3. The van der Waals surface area contributed by atoms with Crippen LogP contribution in [-0.4, -0.2) is 39.8 Å². The highest BCUT2D eigenvalue weighted by Gasteiger charge is 2.54. The largest absolute Gasteiger partial charge is 0.469 e. The van der Waals surface area contributed by atoms with Gasteiger partial charge in [0.25, 0.3) is 11.4 Å². The molecular formula is C33H30Br4N2O2+2. The Labute approximate surface area is 274 Å². The van der Waals surface area contributed by atoms with Gasteiger partial charge >= 0.3 is 12.1 Å². The fourth-order valence-corrected chi connectivity index (χ4v) is 9.24. The second kappa shape index (κ2) is 11.9. The predicted molar refractivity (Wildman–Crippen MR) is 181 cm³/mol. The molecular weight excluding hydrogens is 776 g/mol. The van der Waals surface area contributed by atoms with Crippen molar-refractivity contribution in [3.05, 3.63) is 101 Å². The van der Waals surface area contributed by atoms with E-state index in [4.69, 9.17) is 0 Å². The normalized spacial score (nSPS) is 14.1. The molecule has 0 fully saturated rings. The zero-order valence-electron chi connectivity index (χ0n) is 23.7. The second-order valence-corrected chi connectivity index (χ2v) is 14.0. The minimum absolute atomic E-state index is 0.00463. The van der Waals surface area contributed by atoms with Crippen molar-refractivity contribution in [2.75, 3.05) is 7.11 Å². The summed E-state index contributed by atoms with van der Waals surface area (Å²) in [6.45, 7) is 10.1. The fourth-order valence-electron chi connectivity index (χ4n) is 5.65. The standard InChI is InChI=1S/C28H20Br4N2.C5H10O2/c1-14-10-20(29)27(21(30)11-14)33-16(3)34(28-22(31)12-15(2)13-23(28)32)26-19-9-5-7-17-6-4-8-18(24(17)19)25(26)33;1-4(2)5(6)7-3/h4-13,16H,1-3H3;4H,1-3H3/q+2;. The molecule has 210 valence electrons. The Kier molecular flexibility index (Phi) is 8.78. The van der Waals surface area contributed by atoms with Crippen LogP contribution in [-0.2, 0) is 9.53 Å². The van der Waals surface area contributed by atoms with Crippen molar-refractivity contribution in [2.45, 2.75) is 40.8 Å². The van der Waals surface area contributed by atoms with E-state index in [1.807, 2.05) is 0 Å². The number of hydrogen-bond donors (Lipinski definition) is 0. The number of benzene rings is 4. The van der Waals surface area contributed by atoms with Crippen LogP contribution in [0.1, 0.15) is 43.0 Å². The summed E-state index contributed by atoms with van der Waals surface area (Å²) in [6, 6.07) is 22.0. The van der Waals surface area contributed by atoms with Gasteiger partial charge in [0.1, 0.15) is 0 Å². The maximum atomic E-state index is 10.3. The number of ether oxygens (including phenoxy) is 1. The van der Waals surface area contributed by atoms with Gasteiger partial charge in [-0.25, -0.2) is 0 Å². The van der Waals surface area contributed by atoms with Gasteiger partial charge in [0, 0.05) is 5.39 Å². The van der Waals surface area contributed by atoms with E-state index in [0.29, 0.717) is 0 Å². The first-order chi connectivity index (χ1) is 19.5. The molecule has 1 aliphatic heterocycles. The van der Waals surface area contributed by atoms with Crippen molar-refractivity contribution in [3.8, 4) is 0 Å². The van der Waals surface area contributed by atoms with Crippen molar-refractivity contribution in [1.82, 2.24) is 0 Å². The minimum atomic E-state index is -0.153. The van der Waals surface area contributed by atoms with E-state index < -0.39 is 0 Å². The molecule has 4 nitrogen and oxygen atoms in total. The number of rotatable bonds is 3. The van der Waals surface area contributed by atoms with Crippen molar-refractivity contribution < 1.29 is 18.7 Å². The number of aryl methyl sites for hydroxylation is 2. The van der Waals surface area contributed by atoms with Crippen LogP contribution in [0.2, 0.25) is 0 Å². The molecule has 41 heavy (non-hydrogen) atoms. The Morgan fingerprint density at radius 3 is 1.46 bits per heavy atom. The van der Waals surface area contributed by atoms with Crippen LogP contribution < -0.4 is 0 Å². The molecule has 0 saturated heterocycles. The number of esters is 1. The Balaban J connectivity index is 0.000000431. The van der Waals surface area contributed by atoms with E-state index in [1.54, 1.807) is 13.8 Å². The highest BCUT2D eigenvalue weighted by molar-refractivity contribution is 9.11. The number of nitrogens with zero attached hydrogens (tertiary/aromatic N) is 2. The van der Waals surface area contributed by atoms with Gasteiger partial charge in [-0.15, -0.1) is 9.15 Å². The zero-order valence-corrected chi connectivity index (χ0v) is 30.0. The van der Waals surface area contributed by atoms with Gasteiger partial charge < -0.3 is 4.74 Å². The molecule has 8 heteroatoms. The molecule has 0 saturated carbocycles. The summed E-state index contributed by atoms with van der Waals surface area (Å²) < 4.78 is 13.6. The van der Waals surface area contributed by atoms with E-state index in [9.17, 15) is 4.79 Å². The average Bonchev–Trinajstić information content (AvgIpc) is 3.37. The van der Waals surface area contributed by atoms with Gasteiger partial charge in [-0.3, -0.25) is 4.79 Å². The lowest BCUT2D eigenvalue weighted by Gasteiger charge is -2.12. The van der Waals surface area contributed by atoms with Gasteiger partial charge in [-0.2, -0.15) is 0 Å². The van der Waals surface area contributed by atoms with Gasteiger partial charge in [-0.1, -0.05) is 38.1 Å². The summed E-state index contributed by atoms with van der Waals surface area (Å²) in [7, 11) is 1.39. The van der Waals surface area contributed by atoms with E-state index in [2.05, 4.69) is 159 Å². The molecule has 1 aliphatic carbocycles. The topological polar surface area (TPSA) is 32.3 Å². The van der Waals surface area contributed by atoms with Gasteiger partial charge in [0.15, 0.2) is 0 Å². The van der Waals surface area contributed by atoms with Crippen molar-refractivity contribution in [2.24, 2.45) is 5.92 Å². The first-order valence-electron chi connectivity index (χ1n) is 13.3. The average molecular weight is 806 g/mol. The summed E-state index contributed by atoms with van der Waals surface area (Å²) in [5.41, 5.74) is 9.72. The van der Waals surface area contributed by atoms with Crippen LogP contribution in [0, 0.1) is 19.8 Å². The number of fused-ring (bicyclic) bond motifs is 3. The van der Waals surface area contributed by atoms with E-state index >= 15 is 0 Å². The molecule has 2 aliphatic rings. The fraction of sp³-hybridized carbons (Fsp3) is 0.242. The number of carbonyl (C=O) groups is 1. The smallest absolute Gasteiger partial charge is 0.352 e. The third kappa shape index (κ3) is 5.30. The molecule has 0 unspecified atom stereocenters. The van der Waals surface area contributed by atoms with Crippen molar-refractivity contribution in [1.29, 1.82) is 0 Å². The molecule has 0 spiro atoms. The zero-order chi connectivity index (χ0) is 29.7. The summed E-state index contributed by atoms with van der Waals surface area (Å²) in [5, 5.41) is 2.58. The Hall–Kier alpha value is -2.13. The number of halogens is 4. The third-order valence-electron chi connectivity index (χ3n) is 7.35. The van der Waals surface area contributed by atoms with Crippen LogP contribution >= 0.6 is 63.7 Å². The summed E-state index contributed by atoms with van der Waals surface area (Å²) in [4.78, 5) is 10.3. The highest BCUT2D eigenvalue weighted by atomic mass is 79.9. The highest BCUT2D eigenvalue weighted by Crippen LogP contribution is 2.45. The molecule has 0 bridgehead atoms. The monoisotopic (exact) mass is 802 g/mol. The molecule has 1 heterocycles. The predicted octanol–water partition coefficient (Wildman–Crippen LogP) is 9.96. The summed E-state index contributed by atoms with van der Waals surface area (Å²) in [6.07, 6.45) is 0.0409. The third-order valence-corrected chi connectivity index (χ3v) is 9.76. The maximum absolute atomic E-state index is 10.3. The van der Waals surface area contributed by atoms with Gasteiger partial charge in [-0.05, 0) is 130 Å². The Morgan fingerprint density at radius 2 is 1.15 bits per heavy atom. The SMILES string of the molecule is COC(=O)C(C)C.Cc1cc(Br)c([N+]2=C3C(=[N+](c4c(Br)cc(C)cc4Br)C2C)c2cccc4cccc3c24)c(Br)c1. The van der Waals surface area contributed by atoms with Gasteiger partial charge in [0.2, 0.25) is 11.4 Å². The number of hydrogen-bond acceptors (Lipinski definition) is 2. The summed E-state index contributed by atoms with van der Waals surface area (Å²) >= 11 is 15.6. The summed E-state index contributed by atoms with van der Waals surface area (Å²) in [5.74, 6) is -0.148. The number of carbonyl (C=O) groups excluding carboxylic acids is 1. The molecule has 4 aromatic carbocycles. The van der Waals surface area contributed by atoms with Crippen LogP contribution in [0.3, 0.4) is 0 Å². The number of methoxy groups -OCH3 is 1. The Morgan fingerprint density at radius 1 is 0.756 bits per heavy atom. The van der Waals surface area contributed by atoms with E-state index in [1.165, 1.54) is 51.6 Å². The first-order valence-corrected chi connectivity index (χ1v) is 16.5. The van der Waals surface area contributed by atoms with Crippen LogP contribution in [0.4, 0.5) is 11.4 Å². The Bertz CT molecular complexity index is 1640.